The number of hydrogen-bond acceptors (Lipinski definition) is 2. The molecule has 0 unspecified atom stereocenters. The van der Waals surface area contributed by atoms with Gasteiger partial charge in [-0.25, -0.2) is 0 Å². The largest absolute Gasteiger partial charge is 0.198 e. The first-order valence-electron chi connectivity index (χ1n) is 3.71. The summed E-state index contributed by atoms with van der Waals surface area (Å²) >= 11 is 5.04. The fourth-order valence-electron chi connectivity index (χ4n) is 0.913. The van der Waals surface area contributed by atoms with E-state index in [0.717, 1.165) is 10.4 Å². The first kappa shape index (κ1) is 8.89. The highest BCUT2D eigenvalue weighted by atomic mass is 32.1. The molecule has 0 aliphatic heterocycles. The molecule has 0 atom stereocenters. The zero-order chi connectivity index (χ0) is 8.97. The topological polar surface area (TPSA) is 23.8 Å². The van der Waals surface area contributed by atoms with E-state index in [4.69, 9.17) is 17.5 Å². The van der Waals surface area contributed by atoms with E-state index < -0.39 is 0 Å². The van der Waals surface area contributed by atoms with E-state index in [9.17, 15) is 0 Å². The van der Waals surface area contributed by atoms with Gasteiger partial charge in [-0.05, 0) is 12.5 Å². The number of nitriles is 1. The molecular formula is C10H9NS. The van der Waals surface area contributed by atoms with Gasteiger partial charge in [0.1, 0.15) is 0 Å². The molecule has 0 N–H and O–H groups in total. The monoisotopic (exact) mass is 175 g/mol. The molecule has 0 radical (unpaired) electrons. The van der Waals surface area contributed by atoms with Gasteiger partial charge in [0.05, 0.1) is 12.5 Å². The van der Waals surface area contributed by atoms with Crippen LogP contribution in [0.2, 0.25) is 0 Å². The average Bonchev–Trinajstić information content (AvgIpc) is 2.06. The molecule has 0 aliphatic rings. The average molecular weight is 175 g/mol. The number of hydrogen-bond donors (Lipinski definition) is 0. The van der Waals surface area contributed by atoms with E-state index in [-0.39, 0.29) is 0 Å². The summed E-state index contributed by atoms with van der Waals surface area (Å²) in [5.74, 6) is 0. The van der Waals surface area contributed by atoms with Crippen LogP contribution < -0.4 is 0 Å². The molecule has 12 heavy (non-hydrogen) atoms. The third-order valence-corrected chi connectivity index (χ3v) is 1.99. The van der Waals surface area contributed by atoms with Gasteiger partial charge in [-0.15, -0.1) is 0 Å². The second-order valence-corrected chi connectivity index (χ2v) is 3.12. The molecule has 60 valence electrons. The van der Waals surface area contributed by atoms with Crippen molar-refractivity contribution in [2.24, 2.45) is 0 Å². The van der Waals surface area contributed by atoms with Gasteiger partial charge in [0.2, 0.25) is 0 Å². The number of benzene rings is 1. The van der Waals surface area contributed by atoms with Crippen molar-refractivity contribution in [3.8, 4) is 6.07 Å². The molecule has 0 fully saturated rings. The summed E-state index contributed by atoms with van der Waals surface area (Å²) in [5.41, 5.74) is 2.19. The molecular weight excluding hydrogens is 166 g/mol. The molecule has 0 aromatic heterocycles. The highest BCUT2D eigenvalue weighted by molar-refractivity contribution is 7.80. The van der Waals surface area contributed by atoms with Crippen molar-refractivity contribution in [2.45, 2.75) is 13.3 Å². The predicted molar refractivity (Wildman–Crippen MR) is 53.1 cm³/mol. The number of nitrogens with zero attached hydrogens (tertiary/aromatic N) is 1. The molecule has 1 aromatic carbocycles. The van der Waals surface area contributed by atoms with Crippen molar-refractivity contribution < 1.29 is 0 Å². The van der Waals surface area contributed by atoms with Gasteiger partial charge in [0, 0.05) is 4.86 Å². The van der Waals surface area contributed by atoms with Gasteiger partial charge in [0.15, 0.2) is 0 Å². The van der Waals surface area contributed by atoms with Crippen LogP contribution in [0, 0.1) is 18.3 Å². The van der Waals surface area contributed by atoms with Crippen LogP contribution in [0.4, 0.5) is 0 Å². The van der Waals surface area contributed by atoms with Crippen molar-refractivity contribution in [1.82, 2.24) is 0 Å². The lowest BCUT2D eigenvalue weighted by Gasteiger charge is -1.98. The van der Waals surface area contributed by atoms with Gasteiger partial charge in [0.25, 0.3) is 0 Å². The van der Waals surface area contributed by atoms with Gasteiger partial charge in [-0.2, -0.15) is 5.26 Å². The summed E-state index contributed by atoms with van der Waals surface area (Å²) in [6.07, 6.45) is 0.332. The molecule has 0 bridgehead atoms. The van der Waals surface area contributed by atoms with Crippen LogP contribution in [-0.2, 0) is 0 Å². The maximum atomic E-state index is 8.42. The summed E-state index contributed by atoms with van der Waals surface area (Å²) in [5, 5.41) is 8.42. The Labute approximate surface area is 77.6 Å². The SMILES string of the molecule is Cc1ccc(C(=S)CC#N)cc1. The van der Waals surface area contributed by atoms with Crippen LogP contribution in [0.5, 0.6) is 0 Å². The lowest BCUT2D eigenvalue weighted by atomic mass is 10.1. The van der Waals surface area contributed by atoms with Crippen molar-refractivity contribution in [2.75, 3.05) is 0 Å². The Balaban J connectivity index is 2.84. The molecule has 0 saturated carbocycles. The molecule has 1 nitrogen and oxygen atoms in total. The third kappa shape index (κ3) is 2.14. The molecule has 1 aromatic rings. The number of thiocarbonyl (C=S) groups is 1. The maximum absolute atomic E-state index is 8.42. The fraction of sp³-hybridized carbons (Fsp3) is 0.200. The Morgan fingerprint density at radius 3 is 2.50 bits per heavy atom. The van der Waals surface area contributed by atoms with E-state index in [0.29, 0.717) is 6.42 Å². The summed E-state index contributed by atoms with van der Waals surface area (Å²) in [6.45, 7) is 2.02. The van der Waals surface area contributed by atoms with Gasteiger partial charge >= 0.3 is 0 Å². The van der Waals surface area contributed by atoms with Crippen molar-refractivity contribution in [3.63, 3.8) is 0 Å². The minimum absolute atomic E-state index is 0.332. The summed E-state index contributed by atoms with van der Waals surface area (Å²) in [6, 6.07) is 9.94. The highest BCUT2D eigenvalue weighted by Crippen LogP contribution is 2.06. The molecule has 1 rings (SSSR count). The molecule has 0 saturated heterocycles. The van der Waals surface area contributed by atoms with Crippen LogP contribution in [0.15, 0.2) is 24.3 Å². The van der Waals surface area contributed by atoms with Crippen molar-refractivity contribution in [3.05, 3.63) is 35.4 Å². The zero-order valence-corrected chi connectivity index (χ0v) is 7.69. The van der Waals surface area contributed by atoms with E-state index in [1.165, 1.54) is 5.56 Å². The maximum Gasteiger partial charge on any atom is 0.0709 e. The molecule has 0 spiro atoms. The Kier molecular flexibility index (Phi) is 2.95. The van der Waals surface area contributed by atoms with Crippen molar-refractivity contribution >= 4 is 17.1 Å². The zero-order valence-electron chi connectivity index (χ0n) is 6.87. The number of rotatable bonds is 2. The smallest absolute Gasteiger partial charge is 0.0709 e. The Hall–Kier alpha value is -1.20. The normalized spacial score (nSPS) is 9.00. The third-order valence-electron chi connectivity index (χ3n) is 1.61. The number of aryl methyl sites for hydroxylation is 1. The first-order valence-corrected chi connectivity index (χ1v) is 4.11. The minimum Gasteiger partial charge on any atom is -0.198 e. The lowest BCUT2D eigenvalue weighted by molar-refractivity contribution is 1.40. The molecule has 0 heterocycles. The standard InChI is InChI=1S/C10H9NS/c1-8-2-4-9(5-3-8)10(12)6-7-11/h2-5H,6H2,1H3. The Bertz CT molecular complexity index is 319. The van der Waals surface area contributed by atoms with Gasteiger partial charge in [-0.1, -0.05) is 42.0 Å². The van der Waals surface area contributed by atoms with Crippen LogP contribution in [0.3, 0.4) is 0 Å². The molecule has 0 aliphatic carbocycles. The fourth-order valence-corrected chi connectivity index (χ4v) is 1.11. The van der Waals surface area contributed by atoms with Crippen LogP contribution in [0.25, 0.3) is 0 Å². The minimum atomic E-state index is 0.332. The lowest BCUT2D eigenvalue weighted by Crippen LogP contribution is -1.94. The van der Waals surface area contributed by atoms with E-state index in [2.05, 4.69) is 0 Å². The molecule has 2 heteroatoms. The Morgan fingerprint density at radius 1 is 1.42 bits per heavy atom. The summed E-state index contributed by atoms with van der Waals surface area (Å²) in [7, 11) is 0. The highest BCUT2D eigenvalue weighted by Gasteiger charge is 1.98. The molecule has 0 amide bonds. The quantitative estimate of drug-likeness (QED) is 0.509. The second kappa shape index (κ2) is 3.99. The summed E-state index contributed by atoms with van der Waals surface area (Å²) < 4.78 is 0. The van der Waals surface area contributed by atoms with Crippen LogP contribution in [0.1, 0.15) is 17.5 Å². The van der Waals surface area contributed by atoms with Crippen molar-refractivity contribution in [1.29, 1.82) is 5.26 Å². The van der Waals surface area contributed by atoms with E-state index in [1.807, 2.05) is 37.3 Å². The predicted octanol–water partition coefficient (Wildman–Crippen LogP) is 2.63. The van der Waals surface area contributed by atoms with E-state index in [1.54, 1.807) is 0 Å². The van der Waals surface area contributed by atoms with Gasteiger partial charge < -0.3 is 0 Å². The summed E-state index contributed by atoms with van der Waals surface area (Å²) in [4.78, 5) is 0.720. The van der Waals surface area contributed by atoms with Crippen LogP contribution in [-0.4, -0.2) is 4.86 Å². The van der Waals surface area contributed by atoms with Crippen LogP contribution >= 0.6 is 12.2 Å². The van der Waals surface area contributed by atoms with E-state index >= 15 is 0 Å². The Morgan fingerprint density at radius 2 is 2.00 bits per heavy atom. The first-order chi connectivity index (χ1) is 5.74. The van der Waals surface area contributed by atoms with Gasteiger partial charge in [-0.3, -0.25) is 0 Å². The second-order valence-electron chi connectivity index (χ2n) is 2.62.